The number of rotatable bonds is 11. The zero-order valence-corrected chi connectivity index (χ0v) is 30.7. The van der Waals surface area contributed by atoms with Gasteiger partial charge in [-0.25, -0.2) is 0 Å². The van der Waals surface area contributed by atoms with Crippen molar-refractivity contribution in [1.29, 1.82) is 0 Å². The number of ether oxygens (including phenoxy) is 3. The van der Waals surface area contributed by atoms with Gasteiger partial charge < -0.3 is 19.5 Å². The summed E-state index contributed by atoms with van der Waals surface area (Å²) in [5.74, 6) is -1.12. The minimum atomic E-state index is -0.864. The molecule has 2 bridgehead atoms. The molecule has 0 spiro atoms. The number of carbonyl (C=O) groups is 4. The Balaban J connectivity index is 1.74. The summed E-state index contributed by atoms with van der Waals surface area (Å²) in [7, 11) is 1.36. The largest absolute Gasteiger partial charge is 0.468 e. The highest BCUT2D eigenvalue weighted by molar-refractivity contribution is 5.78. The summed E-state index contributed by atoms with van der Waals surface area (Å²) in [6, 6.07) is 0. The zero-order valence-electron chi connectivity index (χ0n) is 30.7. The van der Waals surface area contributed by atoms with Crippen molar-refractivity contribution in [2.45, 2.75) is 102 Å². The van der Waals surface area contributed by atoms with Crippen LogP contribution in [0.25, 0.3) is 10.4 Å². The van der Waals surface area contributed by atoms with E-state index >= 15 is 0 Å². The molecule has 0 aromatic rings. The fraction of sp³-hybridized carbons (Fsp3) is 0.886. The molecule has 1 saturated carbocycles. The van der Waals surface area contributed by atoms with E-state index in [-0.39, 0.29) is 56.1 Å². The molecule has 50 heavy (non-hydrogen) atoms. The lowest BCUT2D eigenvalue weighted by molar-refractivity contribution is -0.175. The Labute approximate surface area is 298 Å². The van der Waals surface area contributed by atoms with Crippen molar-refractivity contribution in [3.63, 3.8) is 0 Å². The molecule has 1 N–H and O–H groups in total. The monoisotopic (exact) mass is 706 g/mol. The standard InChI is InChI=1S/C35H62N8O7/c1-35-28-42(26-33(46)49-30-14-11-9-7-5-3-4-6-8-10-12-15-30)22-20-40(24-31(44)37-16-13-17-38-39-36)18-19-41(25-32(45)48-2)21-23-43(29-35)27-34(47)50-35/h30H,3-29H2,1-2H3,(H,37,44)/t35-/m1/s1. The minimum Gasteiger partial charge on any atom is -0.468 e. The van der Waals surface area contributed by atoms with Crippen LogP contribution in [-0.2, 0) is 33.4 Å². The van der Waals surface area contributed by atoms with Crippen molar-refractivity contribution in [2.75, 3.05) is 98.7 Å². The van der Waals surface area contributed by atoms with Crippen molar-refractivity contribution < 1.29 is 33.4 Å². The van der Waals surface area contributed by atoms with E-state index in [1.807, 2.05) is 26.5 Å². The second-order valence-electron chi connectivity index (χ2n) is 14.4. The Morgan fingerprint density at radius 3 is 2.02 bits per heavy atom. The van der Waals surface area contributed by atoms with E-state index in [0.29, 0.717) is 71.9 Å². The molecule has 15 nitrogen and oxygen atoms in total. The summed E-state index contributed by atoms with van der Waals surface area (Å²) in [5.41, 5.74) is 7.64. The molecule has 2 saturated heterocycles. The highest BCUT2D eigenvalue weighted by atomic mass is 16.6. The average Bonchev–Trinajstić information content (AvgIpc) is 3.09. The van der Waals surface area contributed by atoms with E-state index in [1.165, 1.54) is 45.6 Å². The van der Waals surface area contributed by atoms with Crippen molar-refractivity contribution >= 4 is 23.8 Å². The van der Waals surface area contributed by atoms with Crippen LogP contribution in [0.5, 0.6) is 0 Å². The second-order valence-corrected chi connectivity index (χ2v) is 14.4. The third-order valence-corrected chi connectivity index (χ3v) is 9.75. The lowest BCUT2D eigenvalue weighted by atomic mass is 10.0. The highest BCUT2D eigenvalue weighted by Gasteiger charge is 2.39. The van der Waals surface area contributed by atoms with Gasteiger partial charge in [0.25, 0.3) is 0 Å². The van der Waals surface area contributed by atoms with E-state index in [0.717, 1.165) is 38.5 Å². The molecule has 3 rings (SSSR count). The number of fused-ring (bicyclic) bond motifs is 2. The van der Waals surface area contributed by atoms with Crippen molar-refractivity contribution in [3.8, 4) is 0 Å². The molecule has 1 unspecified atom stereocenters. The molecule has 3 fully saturated rings. The number of esters is 3. The van der Waals surface area contributed by atoms with E-state index in [1.54, 1.807) is 0 Å². The van der Waals surface area contributed by atoms with Gasteiger partial charge in [0.15, 0.2) is 0 Å². The van der Waals surface area contributed by atoms with E-state index in [4.69, 9.17) is 19.7 Å². The third kappa shape index (κ3) is 17.3. The first kappa shape index (κ1) is 41.5. The molecular weight excluding hydrogens is 644 g/mol. The number of azide groups is 1. The Kier molecular flexibility index (Phi) is 19.5. The fourth-order valence-electron chi connectivity index (χ4n) is 7.12. The van der Waals surface area contributed by atoms with Gasteiger partial charge >= 0.3 is 17.9 Å². The number of carbonyl (C=O) groups excluding carboxylic acids is 4. The van der Waals surface area contributed by atoms with Crippen LogP contribution in [0.4, 0.5) is 0 Å². The van der Waals surface area contributed by atoms with Gasteiger partial charge in [-0.3, -0.25) is 38.8 Å². The van der Waals surface area contributed by atoms with Gasteiger partial charge in [-0.2, -0.15) is 0 Å². The first-order valence-corrected chi connectivity index (χ1v) is 18.8. The quantitative estimate of drug-likeness (QED) is 0.0837. The molecule has 0 aromatic carbocycles. The topological polar surface area (TPSA) is 170 Å². The SMILES string of the molecule is COC(=O)CN1CCN(CC(=O)NCCCN=[N+]=[N-])CCN(CC(=O)OC2CCCCCCCCCCCC2)C[C@]2(C)CN(CC1)CC(=O)O2. The summed E-state index contributed by atoms with van der Waals surface area (Å²) >= 11 is 0. The van der Waals surface area contributed by atoms with Crippen LogP contribution in [0.2, 0.25) is 0 Å². The van der Waals surface area contributed by atoms with Crippen molar-refractivity contribution in [1.82, 2.24) is 24.9 Å². The molecule has 1 aliphatic carbocycles. The molecule has 2 heterocycles. The molecule has 1 amide bonds. The van der Waals surface area contributed by atoms with Crippen LogP contribution < -0.4 is 5.32 Å². The highest BCUT2D eigenvalue weighted by Crippen LogP contribution is 2.22. The number of hydrogen-bond acceptors (Lipinski definition) is 12. The van der Waals surface area contributed by atoms with E-state index < -0.39 is 5.60 Å². The smallest absolute Gasteiger partial charge is 0.320 e. The molecule has 0 aromatic heterocycles. The van der Waals surface area contributed by atoms with Crippen LogP contribution in [0.15, 0.2) is 5.11 Å². The van der Waals surface area contributed by atoms with Gasteiger partial charge in [0.1, 0.15) is 11.7 Å². The average molecular weight is 707 g/mol. The van der Waals surface area contributed by atoms with Gasteiger partial charge in [0.05, 0.1) is 33.3 Å². The zero-order chi connectivity index (χ0) is 36.0. The number of morpholine rings is 1. The lowest BCUT2D eigenvalue weighted by Crippen LogP contribution is -2.59. The minimum absolute atomic E-state index is 0.0531. The van der Waals surface area contributed by atoms with Crippen LogP contribution in [0.3, 0.4) is 0 Å². The van der Waals surface area contributed by atoms with E-state index in [9.17, 15) is 19.2 Å². The fourth-order valence-corrected chi connectivity index (χ4v) is 7.12. The number of methoxy groups -OCH3 is 1. The summed E-state index contributed by atoms with van der Waals surface area (Å²) in [4.78, 5) is 62.4. The lowest BCUT2D eigenvalue weighted by Gasteiger charge is -2.42. The van der Waals surface area contributed by atoms with Gasteiger partial charge in [-0.1, -0.05) is 56.5 Å². The molecule has 0 radical (unpaired) electrons. The summed E-state index contributed by atoms with van der Waals surface area (Å²) in [6.07, 6.45) is 14.3. The van der Waals surface area contributed by atoms with Gasteiger partial charge in [0.2, 0.25) is 5.91 Å². The first-order chi connectivity index (χ1) is 24.2. The van der Waals surface area contributed by atoms with Gasteiger partial charge in [-0.15, -0.1) is 0 Å². The van der Waals surface area contributed by atoms with Crippen LogP contribution in [0.1, 0.15) is 90.4 Å². The molecule has 2 atom stereocenters. The Morgan fingerprint density at radius 2 is 1.40 bits per heavy atom. The Bertz CT molecular complexity index is 1090. The predicted octanol–water partition coefficient (Wildman–Crippen LogP) is 3.12. The molecule has 15 heteroatoms. The van der Waals surface area contributed by atoms with Crippen LogP contribution in [0, 0.1) is 0 Å². The Morgan fingerprint density at radius 1 is 0.840 bits per heavy atom. The summed E-state index contributed by atoms with van der Waals surface area (Å²) in [6.45, 7) is 6.78. The Hall–Kier alpha value is -2.97. The number of nitrogens with one attached hydrogen (secondary N) is 1. The molecule has 2 aliphatic heterocycles. The molecular formula is C35H62N8O7. The summed E-state index contributed by atoms with van der Waals surface area (Å²) < 4.78 is 17.0. The summed E-state index contributed by atoms with van der Waals surface area (Å²) in [5, 5.41) is 6.41. The maximum Gasteiger partial charge on any atom is 0.320 e. The van der Waals surface area contributed by atoms with E-state index in [2.05, 4.69) is 15.3 Å². The van der Waals surface area contributed by atoms with Crippen molar-refractivity contribution in [2.24, 2.45) is 5.11 Å². The van der Waals surface area contributed by atoms with Gasteiger partial charge in [-0.05, 0) is 44.6 Å². The third-order valence-electron chi connectivity index (χ3n) is 9.75. The molecule has 284 valence electrons. The normalized spacial score (nSPS) is 25.0. The van der Waals surface area contributed by atoms with Crippen LogP contribution in [-0.4, -0.2) is 154 Å². The van der Waals surface area contributed by atoms with Gasteiger partial charge in [0, 0.05) is 70.4 Å². The number of hydrogen-bond donors (Lipinski definition) is 1. The maximum absolute atomic E-state index is 13.6. The maximum atomic E-state index is 13.6. The first-order valence-electron chi connectivity index (χ1n) is 18.8. The second kappa shape index (κ2) is 23.5. The number of nitrogens with zero attached hydrogens (tertiary/aromatic N) is 7. The predicted molar refractivity (Wildman–Crippen MR) is 189 cm³/mol. The number of amides is 1. The van der Waals surface area contributed by atoms with Crippen molar-refractivity contribution in [3.05, 3.63) is 10.4 Å². The van der Waals surface area contributed by atoms with Crippen LogP contribution >= 0.6 is 0 Å². The molecule has 3 aliphatic rings.